The Hall–Kier alpha value is -2.89. The monoisotopic (exact) mass is 460 g/mol. The number of aliphatic hydroxyl groups is 3. The molecule has 2 unspecified atom stereocenters. The maximum atomic E-state index is 13.5. The van der Waals surface area contributed by atoms with E-state index in [0.717, 1.165) is 5.56 Å². The van der Waals surface area contributed by atoms with E-state index in [4.69, 9.17) is 9.47 Å². The number of ether oxygens (including phenoxy) is 2. The average Bonchev–Trinajstić information content (AvgIpc) is 2.83. The topological polar surface area (TPSA) is 150 Å². The predicted molar refractivity (Wildman–Crippen MR) is 115 cm³/mol. The number of aromatic nitrogens is 1. The normalized spacial score (nSPS) is 25.9. The largest absolute Gasteiger partial charge is 0.479 e. The molecule has 2 aromatic rings. The van der Waals surface area contributed by atoms with E-state index in [9.17, 15) is 30.0 Å². The zero-order valence-electron chi connectivity index (χ0n) is 18.1. The molecule has 1 aromatic heterocycles. The molecule has 0 aliphatic carbocycles. The molecule has 1 aliphatic heterocycles. The highest BCUT2D eigenvalue weighted by atomic mass is 16.7. The summed E-state index contributed by atoms with van der Waals surface area (Å²) >= 11 is 0. The number of aliphatic hydroxyl groups excluding tert-OH is 3. The van der Waals surface area contributed by atoms with Gasteiger partial charge in [0.25, 0.3) is 0 Å². The van der Waals surface area contributed by atoms with Crippen molar-refractivity contribution >= 4 is 11.9 Å². The number of carbonyl (C=O) groups is 2. The average molecular weight is 460 g/mol. The van der Waals surface area contributed by atoms with Gasteiger partial charge in [-0.3, -0.25) is 9.78 Å². The second-order valence-electron chi connectivity index (χ2n) is 7.74. The van der Waals surface area contributed by atoms with Gasteiger partial charge >= 0.3 is 5.97 Å². The Bertz CT molecular complexity index is 913. The fourth-order valence-electron chi connectivity index (χ4n) is 3.65. The van der Waals surface area contributed by atoms with Crippen molar-refractivity contribution in [3.63, 3.8) is 0 Å². The van der Waals surface area contributed by atoms with E-state index in [1.54, 1.807) is 41.6 Å². The molecule has 0 bridgehead atoms. The van der Waals surface area contributed by atoms with Gasteiger partial charge < -0.3 is 34.8 Å². The van der Waals surface area contributed by atoms with Crippen LogP contribution in [0.2, 0.25) is 0 Å². The maximum Gasteiger partial charge on any atom is 0.335 e. The van der Waals surface area contributed by atoms with Gasteiger partial charge in [-0.2, -0.15) is 0 Å². The van der Waals surface area contributed by atoms with Gasteiger partial charge in [-0.1, -0.05) is 30.3 Å². The van der Waals surface area contributed by atoms with E-state index < -0.39 is 42.6 Å². The first kappa shape index (κ1) is 24.7. The van der Waals surface area contributed by atoms with E-state index in [-0.39, 0.29) is 12.5 Å². The highest BCUT2D eigenvalue weighted by Gasteiger charge is 2.47. The quantitative estimate of drug-likeness (QED) is 0.409. The van der Waals surface area contributed by atoms with Gasteiger partial charge in [0.1, 0.15) is 18.3 Å². The van der Waals surface area contributed by atoms with Crippen molar-refractivity contribution in [3.8, 4) is 0 Å². The Labute approximate surface area is 191 Å². The highest BCUT2D eigenvalue weighted by molar-refractivity contribution is 5.84. The smallest absolute Gasteiger partial charge is 0.335 e. The van der Waals surface area contributed by atoms with Gasteiger partial charge in [0.15, 0.2) is 12.4 Å². The Kier molecular flexibility index (Phi) is 8.48. The predicted octanol–water partition coefficient (Wildman–Crippen LogP) is 0.123. The molecule has 4 N–H and O–H groups in total. The lowest BCUT2D eigenvalue weighted by Gasteiger charge is -2.39. The van der Waals surface area contributed by atoms with Crippen molar-refractivity contribution in [2.45, 2.75) is 50.1 Å². The number of nitrogens with zero attached hydrogens (tertiary/aromatic N) is 2. The summed E-state index contributed by atoms with van der Waals surface area (Å²) in [5, 5.41) is 39.3. The number of amides is 1. The molecule has 10 nitrogen and oxygen atoms in total. The molecular weight excluding hydrogens is 432 g/mol. The molecule has 1 saturated heterocycles. The van der Waals surface area contributed by atoms with Crippen molar-refractivity contribution < 1.29 is 39.5 Å². The minimum atomic E-state index is -1.82. The van der Waals surface area contributed by atoms with E-state index in [2.05, 4.69) is 4.98 Å². The van der Waals surface area contributed by atoms with Crippen LogP contribution < -0.4 is 0 Å². The number of hydrogen-bond donors (Lipinski definition) is 4. The van der Waals surface area contributed by atoms with Crippen molar-refractivity contribution in [3.05, 3.63) is 66.0 Å². The molecule has 0 saturated carbocycles. The van der Waals surface area contributed by atoms with Gasteiger partial charge in [-0.25, -0.2) is 4.79 Å². The van der Waals surface area contributed by atoms with Crippen LogP contribution in [0.25, 0.3) is 0 Å². The number of pyridine rings is 1. The molecule has 1 amide bonds. The summed E-state index contributed by atoms with van der Waals surface area (Å²) in [6.45, 7) is 2.40. The van der Waals surface area contributed by atoms with Gasteiger partial charge in [0, 0.05) is 25.5 Å². The molecule has 10 heteroatoms. The van der Waals surface area contributed by atoms with E-state index >= 15 is 0 Å². The Morgan fingerprint density at radius 3 is 2.33 bits per heavy atom. The summed E-state index contributed by atoms with van der Waals surface area (Å²) in [7, 11) is 0. The Balaban J connectivity index is 1.78. The SMILES string of the molecule is CCN(Cc1ccncc1)C(=O)C(COC1O[C@H](C(=O)O)[C@@H](O)[C@H](O)[C@H]1O)c1ccccc1. The van der Waals surface area contributed by atoms with Crippen molar-refractivity contribution in [1.82, 2.24) is 9.88 Å². The second-order valence-corrected chi connectivity index (χ2v) is 7.74. The van der Waals surface area contributed by atoms with Crippen LogP contribution in [-0.2, 0) is 25.6 Å². The maximum absolute atomic E-state index is 13.5. The number of aliphatic carboxylic acids is 1. The lowest BCUT2D eigenvalue weighted by atomic mass is 9.97. The molecule has 33 heavy (non-hydrogen) atoms. The second kappa shape index (κ2) is 11.3. The van der Waals surface area contributed by atoms with Crippen LogP contribution in [0, 0.1) is 0 Å². The minimum Gasteiger partial charge on any atom is -0.479 e. The zero-order valence-corrected chi connectivity index (χ0v) is 18.1. The van der Waals surface area contributed by atoms with Gasteiger partial charge in [0.05, 0.1) is 12.5 Å². The third-order valence-electron chi connectivity index (χ3n) is 5.56. The number of hydrogen-bond acceptors (Lipinski definition) is 8. The summed E-state index contributed by atoms with van der Waals surface area (Å²) in [6.07, 6.45) is -5.33. The van der Waals surface area contributed by atoms with Gasteiger partial charge in [0.2, 0.25) is 5.91 Å². The molecular formula is C23H28N2O8. The molecule has 6 atom stereocenters. The van der Waals surface area contributed by atoms with Crippen LogP contribution in [0.3, 0.4) is 0 Å². The molecule has 1 aliphatic rings. The van der Waals surface area contributed by atoms with E-state index in [1.165, 1.54) is 0 Å². The summed E-state index contributed by atoms with van der Waals surface area (Å²) in [6, 6.07) is 12.5. The number of rotatable bonds is 9. The third kappa shape index (κ3) is 5.92. The minimum absolute atomic E-state index is 0.235. The van der Waals surface area contributed by atoms with Crippen LogP contribution in [0.5, 0.6) is 0 Å². The summed E-state index contributed by atoms with van der Waals surface area (Å²) in [5.41, 5.74) is 1.57. The molecule has 0 radical (unpaired) electrons. The fraction of sp³-hybridized carbons (Fsp3) is 0.435. The number of likely N-dealkylation sites (N-methyl/N-ethyl adjacent to an activating group) is 1. The first-order valence-corrected chi connectivity index (χ1v) is 10.6. The molecule has 3 rings (SSSR count). The molecule has 1 fully saturated rings. The molecule has 1 aromatic carbocycles. The van der Waals surface area contributed by atoms with Crippen LogP contribution in [0.4, 0.5) is 0 Å². The number of benzene rings is 1. The Morgan fingerprint density at radius 2 is 1.73 bits per heavy atom. The lowest BCUT2D eigenvalue weighted by molar-refractivity contribution is -0.294. The number of carboxylic acid groups (broad SMARTS) is 1. The first-order chi connectivity index (χ1) is 15.8. The standard InChI is InChI=1S/C23H28N2O8/c1-2-25(12-14-8-10-24-11-9-14)21(29)16(15-6-4-3-5-7-15)13-32-23-19(28)17(26)18(27)20(33-23)22(30)31/h3-11,16-20,23,26-28H,2,12-13H2,1H3,(H,30,31)/t16?,17-,18-,19+,20-,23?/m0/s1. The van der Waals surface area contributed by atoms with Crippen LogP contribution in [-0.4, -0.2) is 86.0 Å². The van der Waals surface area contributed by atoms with Crippen LogP contribution >= 0.6 is 0 Å². The summed E-state index contributed by atoms with van der Waals surface area (Å²) < 4.78 is 10.8. The fourth-order valence-corrected chi connectivity index (χ4v) is 3.65. The lowest BCUT2D eigenvalue weighted by Crippen LogP contribution is -2.60. The molecule has 0 spiro atoms. The summed E-state index contributed by atoms with van der Waals surface area (Å²) in [4.78, 5) is 30.4. The first-order valence-electron chi connectivity index (χ1n) is 10.6. The number of carbonyl (C=O) groups excluding carboxylic acids is 1. The van der Waals surface area contributed by atoms with E-state index in [1.807, 2.05) is 25.1 Å². The summed E-state index contributed by atoms with van der Waals surface area (Å²) in [5.74, 6) is -2.52. The van der Waals surface area contributed by atoms with Crippen LogP contribution in [0.15, 0.2) is 54.9 Å². The van der Waals surface area contributed by atoms with Crippen molar-refractivity contribution in [2.75, 3.05) is 13.2 Å². The van der Waals surface area contributed by atoms with Crippen molar-refractivity contribution in [2.24, 2.45) is 0 Å². The van der Waals surface area contributed by atoms with Crippen LogP contribution in [0.1, 0.15) is 24.0 Å². The number of carboxylic acids is 1. The highest BCUT2D eigenvalue weighted by Crippen LogP contribution is 2.26. The zero-order chi connectivity index (χ0) is 24.0. The Morgan fingerprint density at radius 1 is 1.06 bits per heavy atom. The van der Waals surface area contributed by atoms with Crippen molar-refractivity contribution in [1.29, 1.82) is 0 Å². The molecule has 178 valence electrons. The third-order valence-corrected chi connectivity index (χ3v) is 5.56. The van der Waals surface area contributed by atoms with Gasteiger partial charge in [-0.05, 0) is 30.2 Å². The van der Waals surface area contributed by atoms with Gasteiger partial charge in [-0.15, -0.1) is 0 Å². The molecule has 2 heterocycles. The van der Waals surface area contributed by atoms with E-state index in [0.29, 0.717) is 18.7 Å².